The van der Waals surface area contributed by atoms with E-state index < -0.39 is 0 Å². The average molecular weight is 442 g/mol. The van der Waals surface area contributed by atoms with E-state index in [0.29, 0.717) is 5.02 Å². The number of nitrogens with one attached hydrogen (secondary N) is 1. The number of halogens is 3. The van der Waals surface area contributed by atoms with Crippen molar-refractivity contribution in [1.82, 2.24) is 5.32 Å². The first-order valence-corrected chi connectivity index (χ1v) is 10.8. The van der Waals surface area contributed by atoms with Gasteiger partial charge in [0.15, 0.2) is 0 Å². The summed E-state index contributed by atoms with van der Waals surface area (Å²) in [5.41, 5.74) is 4.14. The van der Waals surface area contributed by atoms with Gasteiger partial charge in [0.25, 0.3) is 0 Å². The van der Waals surface area contributed by atoms with Gasteiger partial charge in [-0.3, -0.25) is 4.99 Å². The van der Waals surface area contributed by atoms with E-state index in [0.717, 1.165) is 34.3 Å². The number of piperidine rings is 1. The third-order valence-corrected chi connectivity index (χ3v) is 6.82. The Balaban J connectivity index is 1.74. The van der Waals surface area contributed by atoms with Gasteiger partial charge >= 0.3 is 0 Å². The summed E-state index contributed by atoms with van der Waals surface area (Å²) >= 11 is 19.0. The Morgan fingerprint density at radius 1 is 0.828 bits per heavy atom. The van der Waals surface area contributed by atoms with Crippen LogP contribution in [0.3, 0.4) is 0 Å². The van der Waals surface area contributed by atoms with E-state index >= 15 is 0 Å². The van der Waals surface area contributed by atoms with Crippen molar-refractivity contribution in [2.75, 3.05) is 6.54 Å². The summed E-state index contributed by atoms with van der Waals surface area (Å²) in [6, 6.07) is 22.3. The van der Waals surface area contributed by atoms with Gasteiger partial charge in [-0.25, -0.2) is 0 Å². The largest absolute Gasteiger partial charge is 0.309 e. The third kappa shape index (κ3) is 3.19. The van der Waals surface area contributed by atoms with Crippen molar-refractivity contribution in [2.45, 2.75) is 23.8 Å². The van der Waals surface area contributed by atoms with Crippen LogP contribution in [0.2, 0.25) is 15.1 Å². The van der Waals surface area contributed by atoms with Gasteiger partial charge in [0, 0.05) is 33.2 Å². The molecule has 0 radical (unpaired) electrons. The van der Waals surface area contributed by atoms with Crippen LogP contribution >= 0.6 is 34.8 Å². The van der Waals surface area contributed by atoms with E-state index in [1.807, 2.05) is 42.5 Å². The summed E-state index contributed by atoms with van der Waals surface area (Å²) in [6.07, 6.45) is 3.09. The Labute approximate surface area is 185 Å². The number of hydrogen-bond acceptors (Lipinski definition) is 2. The maximum absolute atomic E-state index is 6.37. The molecule has 5 heteroatoms. The number of nitrogens with zero attached hydrogens (tertiary/aromatic N) is 1. The molecule has 1 saturated heterocycles. The smallest absolute Gasteiger partial charge is 0.0683 e. The van der Waals surface area contributed by atoms with Gasteiger partial charge in [0.2, 0.25) is 0 Å². The first-order chi connectivity index (χ1) is 14.1. The summed E-state index contributed by atoms with van der Waals surface area (Å²) < 4.78 is 0. The minimum Gasteiger partial charge on any atom is -0.309 e. The van der Waals surface area contributed by atoms with E-state index in [1.54, 1.807) is 0 Å². The highest BCUT2D eigenvalue weighted by atomic mass is 35.5. The third-order valence-electron chi connectivity index (χ3n) is 6.11. The van der Waals surface area contributed by atoms with Gasteiger partial charge in [0.05, 0.1) is 11.1 Å². The lowest BCUT2D eigenvalue weighted by Gasteiger charge is -2.47. The molecular formula is C24H19Cl3N2. The summed E-state index contributed by atoms with van der Waals surface area (Å²) in [6.45, 7) is 0.896. The van der Waals surface area contributed by atoms with E-state index in [4.69, 9.17) is 39.8 Å². The molecule has 0 saturated carbocycles. The Morgan fingerprint density at radius 2 is 1.52 bits per heavy atom. The van der Waals surface area contributed by atoms with Gasteiger partial charge in [-0.05, 0) is 66.1 Å². The molecule has 0 bridgehead atoms. The van der Waals surface area contributed by atoms with Crippen LogP contribution in [0.1, 0.15) is 35.1 Å². The lowest BCUT2D eigenvalue weighted by molar-refractivity contribution is 0.270. The summed E-state index contributed by atoms with van der Waals surface area (Å²) in [5.74, 6) is 0.220. The number of fused-ring (bicyclic) bond motifs is 2. The Kier molecular flexibility index (Phi) is 4.92. The van der Waals surface area contributed by atoms with Crippen molar-refractivity contribution in [2.24, 2.45) is 4.99 Å². The van der Waals surface area contributed by atoms with Crippen molar-refractivity contribution in [1.29, 1.82) is 0 Å². The molecule has 1 spiro atoms. The standard InChI is InChI=1S/C24H19Cl3N2/c25-17-5-1-3-15(11-17)20-9-10-28-23(16-4-2-6-18(26)12-16)24(20)14-29-22-13-19(27)7-8-21(22)24/h1-8,11-14,20,23,28H,9-10H2/t20-,23+,24-/m1/s1. The second-order valence-electron chi connectivity index (χ2n) is 7.69. The average Bonchev–Trinajstić information content (AvgIpc) is 3.06. The van der Waals surface area contributed by atoms with Gasteiger partial charge in [-0.1, -0.05) is 65.1 Å². The Morgan fingerprint density at radius 3 is 2.28 bits per heavy atom. The molecule has 3 aromatic rings. The minimum absolute atomic E-state index is 0.0325. The maximum Gasteiger partial charge on any atom is 0.0683 e. The highest BCUT2D eigenvalue weighted by molar-refractivity contribution is 6.31. The topological polar surface area (TPSA) is 24.4 Å². The van der Waals surface area contributed by atoms with Crippen molar-refractivity contribution in [3.05, 3.63) is 98.5 Å². The monoisotopic (exact) mass is 440 g/mol. The predicted octanol–water partition coefficient (Wildman–Crippen LogP) is 7.12. The van der Waals surface area contributed by atoms with E-state index in [9.17, 15) is 0 Å². The maximum atomic E-state index is 6.37. The highest BCUT2D eigenvalue weighted by Gasteiger charge is 2.52. The summed E-state index contributed by atoms with van der Waals surface area (Å²) in [4.78, 5) is 4.82. The number of hydrogen-bond donors (Lipinski definition) is 1. The fourth-order valence-corrected chi connectivity index (χ4v) is 5.52. The highest BCUT2D eigenvalue weighted by Crippen LogP contribution is 2.56. The number of benzene rings is 3. The van der Waals surface area contributed by atoms with Gasteiger partial charge in [-0.15, -0.1) is 0 Å². The van der Waals surface area contributed by atoms with Crippen molar-refractivity contribution < 1.29 is 0 Å². The lowest BCUT2D eigenvalue weighted by Crippen LogP contribution is -2.51. The quantitative estimate of drug-likeness (QED) is 0.450. The van der Waals surface area contributed by atoms with Crippen molar-refractivity contribution in [3.63, 3.8) is 0 Å². The molecule has 146 valence electrons. The molecule has 0 aromatic heterocycles. The van der Waals surface area contributed by atoms with Crippen LogP contribution in [0.25, 0.3) is 0 Å². The lowest BCUT2D eigenvalue weighted by atomic mass is 9.60. The fourth-order valence-electron chi connectivity index (χ4n) is 4.96. The van der Waals surface area contributed by atoms with E-state index in [-0.39, 0.29) is 17.4 Å². The van der Waals surface area contributed by atoms with Crippen LogP contribution in [0.4, 0.5) is 5.69 Å². The molecule has 0 aliphatic carbocycles. The molecule has 1 N–H and O–H groups in total. The zero-order chi connectivity index (χ0) is 20.0. The number of rotatable bonds is 2. The molecule has 2 aliphatic heterocycles. The second kappa shape index (κ2) is 7.45. The SMILES string of the molecule is Clc1cccc([C@H]2CCN[C@@H](c3cccc(Cl)c3)[C@]23C=Nc2cc(Cl)ccc23)c1. The van der Waals surface area contributed by atoms with Gasteiger partial charge in [0.1, 0.15) is 0 Å². The van der Waals surface area contributed by atoms with Crippen LogP contribution in [-0.4, -0.2) is 12.8 Å². The Bertz CT molecular complexity index is 1060. The molecule has 29 heavy (non-hydrogen) atoms. The summed E-state index contributed by atoms with van der Waals surface area (Å²) in [7, 11) is 0. The first kappa shape index (κ1) is 19.1. The van der Waals surface area contributed by atoms with Crippen LogP contribution in [0.5, 0.6) is 0 Å². The Hall–Kier alpha value is -1.84. The van der Waals surface area contributed by atoms with Crippen LogP contribution in [0, 0.1) is 0 Å². The molecule has 2 heterocycles. The molecule has 1 fully saturated rings. The molecule has 3 atom stereocenters. The molecule has 2 nitrogen and oxygen atoms in total. The van der Waals surface area contributed by atoms with Gasteiger partial charge in [-0.2, -0.15) is 0 Å². The van der Waals surface area contributed by atoms with Gasteiger partial charge < -0.3 is 5.32 Å². The zero-order valence-electron chi connectivity index (χ0n) is 15.6. The van der Waals surface area contributed by atoms with E-state index in [1.165, 1.54) is 11.1 Å². The molecule has 2 aliphatic rings. The number of aliphatic imine (C=N–C) groups is 1. The molecule has 0 unspecified atom stereocenters. The van der Waals surface area contributed by atoms with Crippen LogP contribution in [0.15, 0.2) is 71.7 Å². The minimum atomic E-state index is -0.354. The normalized spacial score (nSPS) is 25.3. The molecule has 0 amide bonds. The zero-order valence-corrected chi connectivity index (χ0v) is 17.8. The molecule has 3 aromatic carbocycles. The first-order valence-electron chi connectivity index (χ1n) is 9.67. The summed E-state index contributed by atoms with van der Waals surface area (Å²) in [5, 5.41) is 5.93. The fraction of sp³-hybridized carbons (Fsp3) is 0.208. The predicted molar refractivity (Wildman–Crippen MR) is 122 cm³/mol. The molecular weight excluding hydrogens is 423 g/mol. The second-order valence-corrected chi connectivity index (χ2v) is 9.00. The van der Waals surface area contributed by atoms with E-state index in [2.05, 4.69) is 35.8 Å². The van der Waals surface area contributed by atoms with Crippen LogP contribution in [-0.2, 0) is 5.41 Å². The van der Waals surface area contributed by atoms with Crippen molar-refractivity contribution in [3.8, 4) is 0 Å². The van der Waals surface area contributed by atoms with Crippen LogP contribution < -0.4 is 5.32 Å². The van der Waals surface area contributed by atoms with Crippen molar-refractivity contribution >= 4 is 46.7 Å². The molecule has 5 rings (SSSR count).